The lowest BCUT2D eigenvalue weighted by atomic mass is 9.99. The Morgan fingerprint density at radius 2 is 2.05 bits per heavy atom. The number of imidazole rings is 1. The summed E-state index contributed by atoms with van der Waals surface area (Å²) in [5, 5.41) is -0.107. The maximum atomic E-state index is 6.39. The quantitative estimate of drug-likeness (QED) is 0.771. The van der Waals surface area contributed by atoms with Gasteiger partial charge in [0, 0.05) is 5.54 Å². The average molecular weight is 293 g/mol. The van der Waals surface area contributed by atoms with Gasteiger partial charge in [-0.2, -0.15) is 0 Å². The summed E-state index contributed by atoms with van der Waals surface area (Å²) >= 11 is 6.39. The van der Waals surface area contributed by atoms with Crippen molar-refractivity contribution in [2.75, 3.05) is 7.11 Å². The second kappa shape index (κ2) is 4.96. The van der Waals surface area contributed by atoms with E-state index in [9.17, 15) is 0 Å². The lowest BCUT2D eigenvalue weighted by Crippen LogP contribution is -2.28. The topological polar surface area (TPSA) is 27.1 Å². The Morgan fingerprint density at radius 3 is 2.65 bits per heavy atom. The van der Waals surface area contributed by atoms with Crippen LogP contribution in [0.3, 0.4) is 0 Å². The van der Waals surface area contributed by atoms with Crippen molar-refractivity contribution in [2.45, 2.75) is 50.4 Å². The van der Waals surface area contributed by atoms with Gasteiger partial charge in [-0.3, -0.25) is 0 Å². The Hall–Kier alpha value is -1.22. The third kappa shape index (κ3) is 1.99. The molecule has 0 amide bonds. The maximum absolute atomic E-state index is 6.39. The van der Waals surface area contributed by atoms with Crippen molar-refractivity contribution in [1.82, 2.24) is 9.55 Å². The fraction of sp³-hybridized carbons (Fsp3) is 0.562. The number of hydrogen-bond donors (Lipinski definition) is 0. The fourth-order valence-corrected chi connectivity index (χ4v) is 3.60. The lowest BCUT2D eigenvalue weighted by molar-refractivity contribution is 0.328. The summed E-state index contributed by atoms with van der Waals surface area (Å²) in [6.07, 6.45) is 4.92. The van der Waals surface area contributed by atoms with E-state index >= 15 is 0 Å². The van der Waals surface area contributed by atoms with Crippen molar-refractivity contribution in [1.29, 1.82) is 0 Å². The molecule has 1 aromatic carbocycles. The molecule has 2 aromatic rings. The molecule has 1 heterocycles. The van der Waals surface area contributed by atoms with Crippen molar-refractivity contribution in [3.05, 3.63) is 24.0 Å². The van der Waals surface area contributed by atoms with Crippen LogP contribution in [0.2, 0.25) is 0 Å². The van der Waals surface area contributed by atoms with Gasteiger partial charge in [-0.05, 0) is 38.8 Å². The molecule has 0 saturated heterocycles. The highest BCUT2D eigenvalue weighted by Gasteiger charge is 2.35. The molecule has 1 saturated carbocycles. The zero-order chi connectivity index (χ0) is 14.3. The van der Waals surface area contributed by atoms with Gasteiger partial charge in [0.1, 0.15) is 17.1 Å². The van der Waals surface area contributed by atoms with Gasteiger partial charge < -0.3 is 9.30 Å². The highest BCUT2D eigenvalue weighted by atomic mass is 35.5. The molecule has 4 heteroatoms. The van der Waals surface area contributed by atoms with Crippen molar-refractivity contribution in [3.8, 4) is 5.75 Å². The Balaban J connectivity index is 2.30. The highest BCUT2D eigenvalue weighted by Crippen LogP contribution is 2.42. The third-order valence-corrected chi connectivity index (χ3v) is 4.67. The molecule has 1 atom stereocenters. The van der Waals surface area contributed by atoms with Crippen LogP contribution in [0.15, 0.2) is 18.2 Å². The van der Waals surface area contributed by atoms with E-state index in [-0.39, 0.29) is 10.9 Å². The summed E-state index contributed by atoms with van der Waals surface area (Å²) in [6.45, 7) is 4.31. The van der Waals surface area contributed by atoms with Crippen LogP contribution in [0.25, 0.3) is 11.0 Å². The monoisotopic (exact) mass is 292 g/mol. The minimum atomic E-state index is -0.107. The normalized spacial score (nSPS) is 19.4. The standard InChI is InChI=1S/C16H21ClN2O/c1-11(17)15-18-14-12(7-6-8-13(14)20-3)19(15)16(2)9-4-5-10-16/h6-8,11H,4-5,9-10H2,1-3H3. The summed E-state index contributed by atoms with van der Waals surface area (Å²) in [7, 11) is 1.69. The van der Waals surface area contributed by atoms with Gasteiger partial charge in [-0.25, -0.2) is 4.98 Å². The molecule has 3 rings (SSSR count). The summed E-state index contributed by atoms with van der Waals surface area (Å²) in [6, 6.07) is 6.11. The minimum Gasteiger partial charge on any atom is -0.494 e. The highest BCUT2D eigenvalue weighted by molar-refractivity contribution is 6.20. The van der Waals surface area contributed by atoms with Crippen LogP contribution in [0.4, 0.5) is 0 Å². The molecule has 1 aromatic heterocycles. The smallest absolute Gasteiger partial charge is 0.146 e. The number of aromatic nitrogens is 2. The van der Waals surface area contributed by atoms with Crippen LogP contribution in [-0.2, 0) is 5.54 Å². The van der Waals surface area contributed by atoms with E-state index in [0.29, 0.717) is 0 Å². The van der Waals surface area contributed by atoms with Crippen LogP contribution in [0.1, 0.15) is 50.7 Å². The first-order chi connectivity index (χ1) is 9.57. The zero-order valence-corrected chi connectivity index (χ0v) is 13.1. The molecule has 0 N–H and O–H groups in total. The van der Waals surface area contributed by atoms with Crippen LogP contribution < -0.4 is 4.74 Å². The first kappa shape index (κ1) is 13.7. The molecule has 3 nitrogen and oxygen atoms in total. The van der Waals surface area contributed by atoms with Crippen molar-refractivity contribution in [3.63, 3.8) is 0 Å². The number of methoxy groups -OCH3 is 1. The molecule has 0 bridgehead atoms. The van der Waals surface area contributed by atoms with Crippen LogP contribution in [0.5, 0.6) is 5.75 Å². The number of para-hydroxylation sites is 1. The van der Waals surface area contributed by atoms with E-state index in [1.807, 2.05) is 19.1 Å². The van der Waals surface area contributed by atoms with E-state index in [2.05, 4.69) is 17.6 Å². The second-order valence-corrected chi connectivity index (χ2v) is 6.61. The number of benzene rings is 1. The fourth-order valence-electron chi connectivity index (χ4n) is 3.45. The van der Waals surface area contributed by atoms with Gasteiger partial charge in [0.25, 0.3) is 0 Å². The summed E-state index contributed by atoms with van der Waals surface area (Å²) in [5.41, 5.74) is 2.18. The zero-order valence-electron chi connectivity index (χ0n) is 12.3. The molecule has 0 spiro atoms. The summed E-state index contributed by atoms with van der Waals surface area (Å²) in [4.78, 5) is 4.78. The van der Waals surface area contributed by atoms with E-state index in [1.165, 1.54) is 25.7 Å². The van der Waals surface area contributed by atoms with Gasteiger partial charge in [0.2, 0.25) is 0 Å². The molecule has 1 aliphatic carbocycles. The Labute approximate surface area is 124 Å². The van der Waals surface area contributed by atoms with E-state index < -0.39 is 0 Å². The van der Waals surface area contributed by atoms with Gasteiger partial charge in [0.05, 0.1) is 18.0 Å². The number of alkyl halides is 1. The first-order valence-electron chi connectivity index (χ1n) is 7.27. The Bertz CT molecular complexity index is 627. The van der Waals surface area contributed by atoms with Gasteiger partial charge in [0.15, 0.2) is 0 Å². The second-order valence-electron chi connectivity index (χ2n) is 5.95. The predicted octanol–water partition coefficient (Wildman–Crippen LogP) is 4.63. The van der Waals surface area contributed by atoms with Gasteiger partial charge in [-0.15, -0.1) is 11.6 Å². The summed E-state index contributed by atoms with van der Waals surface area (Å²) in [5.74, 6) is 1.77. The molecular weight excluding hydrogens is 272 g/mol. The Kier molecular flexibility index (Phi) is 3.41. The number of fused-ring (bicyclic) bond motifs is 1. The molecule has 108 valence electrons. The SMILES string of the molecule is COc1cccc2c1nc(C(C)Cl)n2C1(C)CCCC1. The number of ether oxygens (including phenoxy) is 1. The van der Waals surface area contributed by atoms with Crippen molar-refractivity contribution < 1.29 is 4.74 Å². The van der Waals surface area contributed by atoms with Crippen LogP contribution in [-0.4, -0.2) is 16.7 Å². The van der Waals surface area contributed by atoms with Crippen molar-refractivity contribution >= 4 is 22.6 Å². The summed E-state index contributed by atoms with van der Waals surface area (Å²) < 4.78 is 7.81. The van der Waals surface area contributed by atoms with E-state index in [0.717, 1.165) is 22.6 Å². The lowest BCUT2D eigenvalue weighted by Gasteiger charge is -2.29. The molecular formula is C16H21ClN2O. The first-order valence-corrected chi connectivity index (χ1v) is 7.70. The largest absolute Gasteiger partial charge is 0.494 e. The molecule has 1 unspecified atom stereocenters. The van der Waals surface area contributed by atoms with Crippen LogP contribution in [0, 0.1) is 0 Å². The van der Waals surface area contributed by atoms with Gasteiger partial charge in [-0.1, -0.05) is 18.9 Å². The molecule has 0 radical (unpaired) electrons. The van der Waals surface area contributed by atoms with Crippen LogP contribution >= 0.6 is 11.6 Å². The number of hydrogen-bond acceptors (Lipinski definition) is 2. The average Bonchev–Trinajstić information content (AvgIpc) is 3.02. The predicted molar refractivity (Wildman–Crippen MR) is 82.7 cm³/mol. The molecule has 1 fully saturated rings. The number of halogens is 1. The van der Waals surface area contributed by atoms with E-state index in [4.69, 9.17) is 21.3 Å². The minimum absolute atomic E-state index is 0.107. The number of rotatable bonds is 3. The maximum Gasteiger partial charge on any atom is 0.146 e. The van der Waals surface area contributed by atoms with Crippen molar-refractivity contribution in [2.24, 2.45) is 0 Å². The van der Waals surface area contributed by atoms with Gasteiger partial charge >= 0.3 is 0 Å². The molecule has 0 aliphatic heterocycles. The molecule has 20 heavy (non-hydrogen) atoms. The number of nitrogens with zero attached hydrogens (tertiary/aromatic N) is 2. The third-order valence-electron chi connectivity index (χ3n) is 4.47. The Morgan fingerprint density at radius 1 is 1.35 bits per heavy atom. The van der Waals surface area contributed by atoms with E-state index in [1.54, 1.807) is 7.11 Å². The molecule has 1 aliphatic rings.